The van der Waals surface area contributed by atoms with Gasteiger partial charge in [-0.05, 0) is 69.1 Å². The van der Waals surface area contributed by atoms with Crippen LogP contribution >= 0.6 is 0 Å². The molecule has 5 unspecified atom stereocenters. The number of carbonyl (C=O) groups excluding carboxylic acids is 1. The number of halogens is 3. The van der Waals surface area contributed by atoms with Crippen LogP contribution < -0.4 is 0 Å². The Morgan fingerprint density at radius 2 is 1.92 bits per heavy atom. The summed E-state index contributed by atoms with van der Waals surface area (Å²) in [6.45, 7) is 0.695. The molecule has 5 atom stereocenters. The Kier molecular flexibility index (Phi) is 5.07. The molecule has 3 fully saturated rings. The molecule has 0 amide bonds. The molecule has 0 radical (unpaired) electrons. The lowest BCUT2D eigenvalue weighted by Crippen LogP contribution is -2.41. The second-order valence-corrected chi connectivity index (χ2v) is 10.0. The van der Waals surface area contributed by atoms with E-state index in [1.54, 1.807) is 0 Å². The summed E-state index contributed by atoms with van der Waals surface area (Å²) in [4.78, 5) is 12.5. The summed E-state index contributed by atoms with van der Waals surface area (Å²) in [5.41, 5.74) is -6.23. The highest BCUT2D eigenvalue weighted by Crippen LogP contribution is 2.62. The molecule has 10 heteroatoms. The van der Waals surface area contributed by atoms with E-state index in [2.05, 4.69) is 0 Å². The van der Waals surface area contributed by atoms with Crippen LogP contribution in [0.1, 0.15) is 45.4 Å². The first-order valence-corrected chi connectivity index (χ1v) is 10.3. The largest absolute Gasteiger partial charge is 0.772 e. The molecular formula is C16H23F3NO5S-. The van der Waals surface area contributed by atoms with Gasteiger partial charge in [-0.3, -0.25) is 9.26 Å². The predicted molar refractivity (Wildman–Crippen MR) is 85.8 cm³/mol. The van der Waals surface area contributed by atoms with Crippen molar-refractivity contribution in [1.29, 1.82) is 0 Å². The maximum Gasteiger partial charge on any atom is 0.510 e. The number of rotatable bonds is 6. The van der Waals surface area contributed by atoms with Gasteiger partial charge in [-0.1, -0.05) is 0 Å². The van der Waals surface area contributed by atoms with Crippen molar-refractivity contribution in [3.63, 3.8) is 0 Å². The third-order valence-electron chi connectivity index (χ3n) is 6.28. The lowest BCUT2D eigenvalue weighted by atomic mass is 9.60. The van der Waals surface area contributed by atoms with Crippen LogP contribution in [0.5, 0.6) is 0 Å². The first-order chi connectivity index (χ1) is 11.9. The van der Waals surface area contributed by atoms with Gasteiger partial charge in [-0.2, -0.15) is 13.2 Å². The van der Waals surface area contributed by atoms with Gasteiger partial charge in [0.2, 0.25) is 0 Å². The summed E-state index contributed by atoms with van der Waals surface area (Å²) < 4.78 is 62.8. The molecule has 0 saturated heterocycles. The highest BCUT2D eigenvalue weighted by Gasteiger charge is 2.55. The van der Waals surface area contributed by atoms with Gasteiger partial charge in [0.25, 0.3) is 0 Å². The number of sulfonamides is 1. The minimum atomic E-state index is -5.89. The summed E-state index contributed by atoms with van der Waals surface area (Å²) in [5.74, 6) is 2.19. The molecule has 3 saturated carbocycles. The summed E-state index contributed by atoms with van der Waals surface area (Å²) in [6, 6.07) is 0. The fourth-order valence-electron chi connectivity index (χ4n) is 5.13. The Bertz CT molecular complexity index is 661. The van der Waals surface area contributed by atoms with E-state index in [0.29, 0.717) is 11.8 Å². The van der Waals surface area contributed by atoms with Crippen LogP contribution in [0.15, 0.2) is 0 Å². The van der Waals surface area contributed by atoms with Crippen LogP contribution in [0.3, 0.4) is 0 Å². The normalized spacial score (nSPS) is 36.5. The molecule has 3 aliphatic carbocycles. The lowest BCUT2D eigenvalue weighted by Gasteiger charge is -2.44. The van der Waals surface area contributed by atoms with Gasteiger partial charge in [0, 0.05) is 6.54 Å². The number of fused-ring (bicyclic) bond motifs is 1. The van der Waals surface area contributed by atoms with E-state index in [1.807, 2.05) is 6.92 Å². The van der Waals surface area contributed by atoms with Crippen LogP contribution in [0, 0.1) is 34.3 Å². The van der Waals surface area contributed by atoms with Crippen LogP contribution in [-0.4, -0.2) is 37.5 Å². The number of hydrogen-bond acceptors (Lipinski definition) is 5. The number of alkyl halides is 3. The van der Waals surface area contributed by atoms with Gasteiger partial charge in [-0.25, -0.2) is 8.42 Å². The van der Waals surface area contributed by atoms with E-state index in [9.17, 15) is 31.6 Å². The van der Waals surface area contributed by atoms with Crippen molar-refractivity contribution in [3.05, 3.63) is 5.21 Å². The average Bonchev–Trinajstić information content (AvgIpc) is 2.76. The van der Waals surface area contributed by atoms with Crippen molar-refractivity contribution in [2.45, 2.75) is 51.0 Å². The molecule has 0 aliphatic heterocycles. The maximum atomic E-state index is 12.5. The molecular weight excluding hydrogens is 375 g/mol. The Balaban J connectivity index is 1.47. The van der Waals surface area contributed by atoms with Crippen molar-refractivity contribution in [1.82, 2.24) is 4.47 Å². The van der Waals surface area contributed by atoms with Crippen molar-refractivity contribution < 1.29 is 31.1 Å². The van der Waals surface area contributed by atoms with Gasteiger partial charge >= 0.3 is 21.5 Å². The van der Waals surface area contributed by atoms with Gasteiger partial charge in [0.1, 0.15) is 0 Å². The maximum absolute atomic E-state index is 12.5. The minimum absolute atomic E-state index is 0.276. The van der Waals surface area contributed by atoms with Gasteiger partial charge in [-0.15, -0.1) is 0 Å². The van der Waals surface area contributed by atoms with Crippen LogP contribution in [0.2, 0.25) is 0 Å². The fraction of sp³-hybridized carbons (Fsp3) is 0.938. The molecule has 0 N–H and O–H groups in total. The quantitative estimate of drug-likeness (QED) is 0.390. The third-order valence-corrected chi connectivity index (χ3v) is 7.59. The van der Waals surface area contributed by atoms with Crippen molar-refractivity contribution in [2.75, 3.05) is 13.2 Å². The average molecular weight is 398 g/mol. The zero-order valence-electron chi connectivity index (χ0n) is 14.5. The molecule has 150 valence electrons. The van der Waals surface area contributed by atoms with E-state index in [-0.39, 0.29) is 13.0 Å². The summed E-state index contributed by atoms with van der Waals surface area (Å²) >= 11 is 0. The van der Waals surface area contributed by atoms with E-state index in [4.69, 9.17) is 4.74 Å². The molecule has 3 aliphatic rings. The standard InChI is InChI=1S/C16H23F3NO5S/c1-15(8-10-5-11-7-12(9-15)13(11)6-10)14(21)25-4-2-3-20(22)26(23,24)16(17,18)19/h10-13H,2-9H2,1H3/q-1. The molecule has 0 aromatic carbocycles. The summed E-state index contributed by atoms with van der Waals surface area (Å²) in [6.07, 6.45) is 4.72. The zero-order chi connectivity index (χ0) is 19.3. The number of hydroxylamine groups is 1. The smallest absolute Gasteiger partial charge is 0.510 e. The highest BCUT2D eigenvalue weighted by molar-refractivity contribution is 7.90. The van der Waals surface area contributed by atoms with Gasteiger partial charge < -0.3 is 9.94 Å². The fourth-order valence-corrected chi connectivity index (χ4v) is 5.73. The Morgan fingerprint density at radius 3 is 2.58 bits per heavy atom. The van der Waals surface area contributed by atoms with Gasteiger partial charge in [0.05, 0.1) is 12.0 Å². The summed E-state index contributed by atoms with van der Waals surface area (Å²) in [7, 11) is -5.89. The van der Waals surface area contributed by atoms with Gasteiger partial charge in [0.15, 0.2) is 0 Å². The molecule has 6 nitrogen and oxygen atoms in total. The first kappa shape index (κ1) is 19.9. The molecule has 2 bridgehead atoms. The van der Waals surface area contributed by atoms with Crippen LogP contribution in [0.4, 0.5) is 13.2 Å². The molecule has 0 heterocycles. The zero-order valence-corrected chi connectivity index (χ0v) is 15.3. The van der Waals surface area contributed by atoms with Crippen molar-refractivity contribution in [3.8, 4) is 0 Å². The summed E-state index contributed by atoms with van der Waals surface area (Å²) in [5, 5.41) is 11.2. The highest BCUT2D eigenvalue weighted by atomic mass is 32.2. The van der Waals surface area contributed by atoms with Crippen molar-refractivity contribution in [2.24, 2.45) is 29.1 Å². The number of carbonyl (C=O) groups is 1. The number of nitrogens with zero attached hydrogens (tertiary/aromatic N) is 1. The van der Waals surface area contributed by atoms with E-state index in [0.717, 1.165) is 37.5 Å². The SMILES string of the molecule is CC1(C(=O)OCCCN([O-])S(=O)(=O)C(F)(F)F)CC2CC3CC(C1)C3C2. The second-order valence-electron chi connectivity index (χ2n) is 8.19. The van der Waals surface area contributed by atoms with E-state index >= 15 is 0 Å². The Labute approximate surface area is 150 Å². The first-order valence-electron chi connectivity index (χ1n) is 8.87. The van der Waals surface area contributed by atoms with Crippen LogP contribution in [-0.2, 0) is 19.6 Å². The number of hydrogen-bond donors (Lipinski definition) is 0. The monoisotopic (exact) mass is 398 g/mol. The molecule has 3 rings (SSSR count). The molecule has 0 aromatic heterocycles. The number of ether oxygens (including phenoxy) is 1. The molecule has 0 aromatic rings. The molecule has 0 spiro atoms. The Morgan fingerprint density at radius 1 is 1.23 bits per heavy atom. The van der Waals surface area contributed by atoms with E-state index < -0.39 is 37.9 Å². The van der Waals surface area contributed by atoms with Crippen molar-refractivity contribution >= 4 is 16.0 Å². The topological polar surface area (TPSA) is 86.7 Å². The van der Waals surface area contributed by atoms with Crippen LogP contribution in [0.25, 0.3) is 0 Å². The lowest BCUT2D eigenvalue weighted by molar-refractivity contribution is -0.158. The third kappa shape index (κ3) is 3.47. The predicted octanol–water partition coefficient (Wildman–Crippen LogP) is 3.03. The second kappa shape index (κ2) is 6.63. The number of esters is 1. The molecule has 26 heavy (non-hydrogen) atoms. The Hall–Kier alpha value is -0.870. The minimum Gasteiger partial charge on any atom is -0.772 e. The van der Waals surface area contributed by atoms with E-state index in [1.165, 1.54) is 6.42 Å².